The lowest BCUT2D eigenvalue weighted by Gasteiger charge is -2.21. The van der Waals surface area contributed by atoms with Crippen LogP contribution in [0.5, 0.6) is 11.5 Å². The van der Waals surface area contributed by atoms with Crippen molar-refractivity contribution in [2.24, 2.45) is 0 Å². The number of hydrogen-bond donors (Lipinski definition) is 1. The molecule has 0 bridgehead atoms. The molecule has 5 nitrogen and oxygen atoms in total. The molecule has 1 rings (SSSR count). The number of methoxy groups -OCH3 is 1. The number of nitriles is 1. The van der Waals surface area contributed by atoms with Gasteiger partial charge in [-0.3, -0.25) is 4.79 Å². The molecule has 1 amide bonds. The maximum Gasteiger partial charge on any atom is 0.258 e. The van der Waals surface area contributed by atoms with Gasteiger partial charge >= 0.3 is 0 Å². The van der Waals surface area contributed by atoms with Gasteiger partial charge in [0, 0.05) is 11.6 Å². The minimum atomic E-state index is -0.334. The summed E-state index contributed by atoms with van der Waals surface area (Å²) in [6, 6.07) is 4.93. The van der Waals surface area contributed by atoms with Crippen LogP contribution in [-0.2, 0) is 4.79 Å². The maximum absolute atomic E-state index is 11.7. The van der Waals surface area contributed by atoms with Crippen LogP contribution in [-0.4, -0.2) is 25.2 Å². The zero-order chi connectivity index (χ0) is 15.3. The van der Waals surface area contributed by atoms with E-state index in [1.54, 1.807) is 0 Å². The van der Waals surface area contributed by atoms with E-state index in [1.165, 1.54) is 19.2 Å². The number of nitrogens with zero attached hydrogens (tertiary/aromatic N) is 1. The Balaban J connectivity index is 2.83. The number of hydrogen-bond acceptors (Lipinski definition) is 4. The van der Waals surface area contributed by atoms with Crippen molar-refractivity contribution in [3.05, 3.63) is 22.7 Å². The van der Waals surface area contributed by atoms with Crippen molar-refractivity contribution >= 4 is 17.5 Å². The highest BCUT2D eigenvalue weighted by Gasteiger charge is 2.17. The van der Waals surface area contributed by atoms with Crippen molar-refractivity contribution in [1.82, 2.24) is 5.32 Å². The second-order valence-corrected chi connectivity index (χ2v) is 5.60. The van der Waals surface area contributed by atoms with Gasteiger partial charge in [0.25, 0.3) is 5.91 Å². The molecule has 108 valence electrons. The molecule has 0 fully saturated rings. The smallest absolute Gasteiger partial charge is 0.258 e. The fourth-order valence-corrected chi connectivity index (χ4v) is 1.78. The van der Waals surface area contributed by atoms with E-state index in [-0.39, 0.29) is 28.8 Å². The van der Waals surface area contributed by atoms with Gasteiger partial charge in [-0.1, -0.05) is 11.6 Å². The molecule has 20 heavy (non-hydrogen) atoms. The van der Waals surface area contributed by atoms with Gasteiger partial charge in [0.1, 0.15) is 0 Å². The number of amides is 1. The number of carbonyl (C=O) groups is 1. The second kappa shape index (κ2) is 6.49. The second-order valence-electron chi connectivity index (χ2n) is 5.19. The molecular formula is C14H17ClN2O3. The highest BCUT2D eigenvalue weighted by molar-refractivity contribution is 6.32. The third-order valence-electron chi connectivity index (χ3n) is 2.22. The van der Waals surface area contributed by atoms with E-state index < -0.39 is 0 Å². The lowest BCUT2D eigenvalue weighted by atomic mass is 10.1. The molecule has 0 aliphatic carbocycles. The molecule has 0 aromatic heterocycles. The average molecular weight is 297 g/mol. The van der Waals surface area contributed by atoms with Crippen molar-refractivity contribution in [3.8, 4) is 17.6 Å². The summed E-state index contributed by atoms with van der Waals surface area (Å²) in [7, 11) is 1.44. The Morgan fingerprint density at radius 2 is 2.10 bits per heavy atom. The van der Waals surface area contributed by atoms with Gasteiger partial charge < -0.3 is 14.8 Å². The summed E-state index contributed by atoms with van der Waals surface area (Å²) in [4.78, 5) is 11.7. The Hall–Kier alpha value is -1.93. The fraction of sp³-hybridized carbons (Fsp3) is 0.429. The standard InChI is InChI=1S/C14H17ClN2O3/c1-14(2,3)17-12(18)8-20-13-10(15)5-9(7-16)6-11(13)19-4/h5-6H,8H2,1-4H3,(H,17,18). The highest BCUT2D eigenvalue weighted by Crippen LogP contribution is 2.36. The summed E-state index contributed by atoms with van der Waals surface area (Å²) in [6.45, 7) is 5.44. The molecule has 6 heteroatoms. The van der Waals surface area contributed by atoms with Crippen molar-refractivity contribution in [2.75, 3.05) is 13.7 Å². The monoisotopic (exact) mass is 296 g/mol. The third-order valence-corrected chi connectivity index (χ3v) is 2.50. The van der Waals surface area contributed by atoms with Crippen LogP contribution in [0.3, 0.4) is 0 Å². The van der Waals surface area contributed by atoms with Crippen LogP contribution in [0.4, 0.5) is 0 Å². The molecule has 0 atom stereocenters. The number of rotatable bonds is 4. The first-order chi connectivity index (χ1) is 9.26. The first-order valence-corrected chi connectivity index (χ1v) is 6.36. The average Bonchev–Trinajstić information content (AvgIpc) is 2.34. The molecule has 0 heterocycles. The van der Waals surface area contributed by atoms with Crippen molar-refractivity contribution in [2.45, 2.75) is 26.3 Å². The van der Waals surface area contributed by atoms with Gasteiger partial charge in [-0.15, -0.1) is 0 Å². The summed E-state index contributed by atoms with van der Waals surface area (Å²) in [5.74, 6) is 0.301. The van der Waals surface area contributed by atoms with Crippen molar-refractivity contribution < 1.29 is 14.3 Å². The summed E-state index contributed by atoms with van der Waals surface area (Å²) >= 11 is 6.02. The topological polar surface area (TPSA) is 71.3 Å². The molecule has 1 N–H and O–H groups in total. The van der Waals surface area contributed by atoms with Crippen LogP contribution >= 0.6 is 11.6 Å². The lowest BCUT2D eigenvalue weighted by molar-refractivity contribution is -0.124. The van der Waals surface area contributed by atoms with Gasteiger partial charge in [-0.2, -0.15) is 5.26 Å². The van der Waals surface area contributed by atoms with Crippen molar-refractivity contribution in [1.29, 1.82) is 5.26 Å². The van der Waals surface area contributed by atoms with Gasteiger partial charge in [0.05, 0.1) is 23.8 Å². The van der Waals surface area contributed by atoms with Gasteiger partial charge in [-0.25, -0.2) is 0 Å². The number of nitrogens with one attached hydrogen (secondary N) is 1. The van der Waals surface area contributed by atoms with Gasteiger partial charge in [0.2, 0.25) is 0 Å². The Morgan fingerprint density at radius 3 is 2.60 bits per heavy atom. The number of ether oxygens (including phenoxy) is 2. The minimum absolute atomic E-state index is 0.181. The normalized spacial score (nSPS) is 10.6. The fourth-order valence-electron chi connectivity index (χ4n) is 1.52. The van der Waals surface area contributed by atoms with E-state index >= 15 is 0 Å². The van der Waals surface area contributed by atoms with Crippen LogP contribution in [0, 0.1) is 11.3 Å². The highest BCUT2D eigenvalue weighted by atomic mass is 35.5. The molecule has 1 aromatic rings. The SMILES string of the molecule is COc1cc(C#N)cc(Cl)c1OCC(=O)NC(C)(C)C. The number of carbonyl (C=O) groups excluding carboxylic acids is 1. The Labute approximate surface area is 123 Å². The van der Waals surface area contributed by atoms with Crippen LogP contribution < -0.4 is 14.8 Å². The Kier molecular flexibility index (Phi) is 5.23. The van der Waals surface area contributed by atoms with E-state index in [4.69, 9.17) is 26.3 Å². The quantitative estimate of drug-likeness (QED) is 0.926. The van der Waals surface area contributed by atoms with E-state index in [1.807, 2.05) is 26.8 Å². The first kappa shape index (κ1) is 16.1. The summed E-state index contributed by atoms with van der Waals surface area (Å²) < 4.78 is 10.5. The molecule has 0 radical (unpaired) electrons. The lowest BCUT2D eigenvalue weighted by Crippen LogP contribution is -2.43. The molecule has 0 aliphatic rings. The van der Waals surface area contributed by atoms with E-state index in [0.29, 0.717) is 11.3 Å². The largest absolute Gasteiger partial charge is 0.493 e. The molecule has 0 saturated carbocycles. The van der Waals surface area contributed by atoms with Crippen LogP contribution in [0.2, 0.25) is 5.02 Å². The predicted octanol–water partition coefficient (Wildman–Crippen LogP) is 2.51. The van der Waals surface area contributed by atoms with E-state index in [9.17, 15) is 4.79 Å². The molecule has 0 saturated heterocycles. The van der Waals surface area contributed by atoms with E-state index in [0.717, 1.165) is 0 Å². The van der Waals surface area contributed by atoms with E-state index in [2.05, 4.69) is 5.32 Å². The van der Waals surface area contributed by atoms with Gasteiger partial charge in [0.15, 0.2) is 18.1 Å². The van der Waals surface area contributed by atoms with Crippen LogP contribution in [0.25, 0.3) is 0 Å². The summed E-state index contributed by atoms with van der Waals surface area (Å²) in [5, 5.41) is 11.8. The van der Waals surface area contributed by atoms with Crippen LogP contribution in [0.15, 0.2) is 12.1 Å². The zero-order valence-corrected chi connectivity index (χ0v) is 12.7. The minimum Gasteiger partial charge on any atom is -0.493 e. The zero-order valence-electron chi connectivity index (χ0n) is 11.9. The first-order valence-electron chi connectivity index (χ1n) is 5.98. The predicted molar refractivity (Wildman–Crippen MR) is 76.1 cm³/mol. The third kappa shape index (κ3) is 4.63. The van der Waals surface area contributed by atoms with Crippen LogP contribution in [0.1, 0.15) is 26.3 Å². The molecular weight excluding hydrogens is 280 g/mol. The number of benzene rings is 1. The molecule has 0 spiro atoms. The number of halogens is 1. The van der Waals surface area contributed by atoms with Crippen molar-refractivity contribution in [3.63, 3.8) is 0 Å². The summed E-state index contributed by atoms with van der Waals surface area (Å²) in [6.07, 6.45) is 0. The molecule has 1 aromatic carbocycles. The Morgan fingerprint density at radius 1 is 1.45 bits per heavy atom. The summed E-state index contributed by atoms with van der Waals surface area (Å²) in [5.41, 5.74) is 0.0252. The Bertz CT molecular complexity index is 545. The molecule has 0 unspecified atom stereocenters. The molecule has 0 aliphatic heterocycles. The van der Waals surface area contributed by atoms with Gasteiger partial charge in [-0.05, 0) is 26.8 Å². The maximum atomic E-state index is 11.7.